The Morgan fingerprint density at radius 1 is 1.00 bits per heavy atom. The van der Waals surface area contributed by atoms with Crippen molar-refractivity contribution in [3.05, 3.63) is 71.8 Å². The van der Waals surface area contributed by atoms with Crippen LogP contribution in [0.2, 0.25) is 0 Å². The Kier molecular flexibility index (Phi) is 7.16. The minimum absolute atomic E-state index is 0.132. The fourth-order valence-corrected chi connectivity index (χ4v) is 6.99. The molecule has 5 atom stereocenters. The van der Waals surface area contributed by atoms with E-state index in [-0.39, 0.29) is 11.7 Å². The van der Waals surface area contributed by atoms with Gasteiger partial charge in [0.25, 0.3) is 0 Å². The van der Waals surface area contributed by atoms with Crippen molar-refractivity contribution in [1.82, 2.24) is 44.6 Å². The molecule has 0 saturated carbocycles. The highest BCUT2D eigenvalue weighted by Gasteiger charge is 2.47. The Morgan fingerprint density at radius 2 is 1.74 bits per heavy atom. The van der Waals surface area contributed by atoms with Crippen molar-refractivity contribution in [2.24, 2.45) is 0 Å². The molecule has 2 aromatic carbocycles. The van der Waals surface area contributed by atoms with E-state index in [1.165, 1.54) is 27.1 Å². The first-order valence-corrected chi connectivity index (χ1v) is 15.8. The number of nitrogens with one attached hydrogen (secondary N) is 1. The number of rotatable bonds is 8. The molecule has 1 aliphatic carbocycles. The Labute approximate surface area is 265 Å². The van der Waals surface area contributed by atoms with E-state index in [0.29, 0.717) is 42.1 Å². The summed E-state index contributed by atoms with van der Waals surface area (Å²) in [6.45, 7) is 4.62. The number of aliphatic hydroxyl groups is 2. The summed E-state index contributed by atoms with van der Waals surface area (Å²) in [5, 5.41) is 38.1. The lowest BCUT2D eigenvalue weighted by Gasteiger charge is -2.22. The molecular weight excluding hydrogens is 586 g/mol. The number of aryl methyl sites for hydroxylation is 1. The average Bonchev–Trinajstić information content (AvgIpc) is 3.91. The summed E-state index contributed by atoms with van der Waals surface area (Å²) < 4.78 is 7.87. The van der Waals surface area contributed by atoms with Gasteiger partial charge in [-0.05, 0) is 54.9 Å². The fourth-order valence-electron chi connectivity index (χ4n) is 6.99. The second-order valence-corrected chi connectivity index (χ2v) is 12.4. The lowest BCUT2D eigenvalue weighted by atomic mass is 9.97. The van der Waals surface area contributed by atoms with Crippen LogP contribution in [0.3, 0.4) is 0 Å². The van der Waals surface area contributed by atoms with Gasteiger partial charge in [0, 0.05) is 31.6 Å². The summed E-state index contributed by atoms with van der Waals surface area (Å²) in [5.41, 5.74) is 6.10. The molecule has 2 fully saturated rings. The molecule has 3 N–H and O–H groups in total. The molecule has 0 spiro atoms. The van der Waals surface area contributed by atoms with Gasteiger partial charge in [-0.2, -0.15) is 14.8 Å². The van der Waals surface area contributed by atoms with Crippen LogP contribution in [0.15, 0.2) is 54.9 Å². The molecule has 46 heavy (non-hydrogen) atoms. The average molecular weight is 624 g/mol. The minimum atomic E-state index is -1.28. The van der Waals surface area contributed by atoms with Crippen LogP contribution in [0.25, 0.3) is 22.3 Å². The molecule has 0 amide bonds. The standard InChI is InChI=1S/C32H37N11O3/c1-4-43-38-29(37-39-43)27-25(44)26(45)31(46-27)42-17-34-24-28(35-32(36-30(24)42)41-14-13-18(16-41)40(2)3)33-15-23-21-11-7-5-9-19(21)20-10-6-8-12-22(20)23/h5-12,17-18,23,25-27,31,44-45H,4,13-16H2,1-3H3,(H,33,35,36)/t18-,25-,26+,27-,31+/m0/s1. The predicted molar refractivity (Wildman–Crippen MR) is 170 cm³/mol. The highest BCUT2D eigenvalue weighted by molar-refractivity contribution is 5.85. The molecule has 3 aliphatic rings. The molecule has 8 rings (SSSR count). The van der Waals surface area contributed by atoms with Gasteiger partial charge in [-0.25, -0.2) is 4.98 Å². The zero-order valence-corrected chi connectivity index (χ0v) is 26.0. The number of aliphatic hydroxyl groups excluding tert-OH is 2. The summed E-state index contributed by atoms with van der Waals surface area (Å²) in [7, 11) is 4.18. The van der Waals surface area contributed by atoms with E-state index < -0.39 is 24.5 Å². The van der Waals surface area contributed by atoms with Gasteiger partial charge < -0.3 is 30.1 Å². The third kappa shape index (κ3) is 4.71. The lowest BCUT2D eigenvalue weighted by Crippen LogP contribution is -2.32. The summed E-state index contributed by atoms with van der Waals surface area (Å²) in [6.07, 6.45) is -1.90. The van der Waals surface area contributed by atoms with Crippen molar-refractivity contribution in [2.45, 2.75) is 56.4 Å². The van der Waals surface area contributed by atoms with Crippen LogP contribution in [0.5, 0.6) is 0 Å². The van der Waals surface area contributed by atoms with Crippen LogP contribution in [0.1, 0.15) is 48.5 Å². The van der Waals surface area contributed by atoms with Crippen LogP contribution < -0.4 is 10.2 Å². The van der Waals surface area contributed by atoms with Crippen molar-refractivity contribution in [2.75, 3.05) is 43.9 Å². The van der Waals surface area contributed by atoms with E-state index in [1.54, 1.807) is 10.9 Å². The number of hydrogen-bond acceptors (Lipinski definition) is 12. The van der Waals surface area contributed by atoms with Gasteiger partial charge in [0.15, 0.2) is 29.3 Å². The second kappa shape index (κ2) is 11.4. The van der Waals surface area contributed by atoms with E-state index >= 15 is 0 Å². The third-order valence-corrected chi connectivity index (χ3v) is 9.54. The molecule has 2 aliphatic heterocycles. The number of hydrogen-bond donors (Lipinski definition) is 3. The molecule has 5 heterocycles. The van der Waals surface area contributed by atoms with Gasteiger partial charge in [0.1, 0.15) is 12.2 Å². The maximum Gasteiger partial charge on any atom is 0.229 e. The number of imidazole rings is 1. The molecule has 14 heteroatoms. The number of tetrazole rings is 1. The number of benzene rings is 2. The number of aromatic nitrogens is 8. The zero-order valence-electron chi connectivity index (χ0n) is 26.0. The zero-order chi connectivity index (χ0) is 31.5. The number of fused-ring (bicyclic) bond motifs is 4. The number of ether oxygens (including phenoxy) is 1. The van der Waals surface area contributed by atoms with Crippen molar-refractivity contribution in [3.8, 4) is 11.1 Å². The smallest absolute Gasteiger partial charge is 0.229 e. The van der Waals surface area contributed by atoms with Crippen molar-refractivity contribution in [1.29, 1.82) is 0 Å². The maximum absolute atomic E-state index is 11.2. The van der Waals surface area contributed by atoms with E-state index in [0.717, 1.165) is 19.5 Å². The van der Waals surface area contributed by atoms with Crippen molar-refractivity contribution < 1.29 is 14.9 Å². The topological polar surface area (TPSA) is 155 Å². The van der Waals surface area contributed by atoms with Gasteiger partial charge in [-0.3, -0.25) is 4.57 Å². The monoisotopic (exact) mass is 623 g/mol. The van der Waals surface area contributed by atoms with Crippen molar-refractivity contribution >= 4 is 22.9 Å². The Bertz CT molecular complexity index is 1840. The molecule has 0 unspecified atom stereocenters. The molecule has 5 aromatic rings. The largest absolute Gasteiger partial charge is 0.387 e. The Balaban J connectivity index is 1.16. The Hall–Kier alpha value is -4.50. The van der Waals surface area contributed by atoms with Gasteiger partial charge >= 0.3 is 0 Å². The summed E-state index contributed by atoms with van der Waals surface area (Å²) >= 11 is 0. The van der Waals surface area contributed by atoms with Gasteiger partial charge in [0.05, 0.1) is 12.9 Å². The van der Waals surface area contributed by atoms with E-state index in [9.17, 15) is 10.2 Å². The van der Waals surface area contributed by atoms with Crippen LogP contribution in [0.4, 0.5) is 11.8 Å². The van der Waals surface area contributed by atoms with Crippen LogP contribution in [0, 0.1) is 0 Å². The van der Waals surface area contributed by atoms with Crippen molar-refractivity contribution in [3.63, 3.8) is 0 Å². The second-order valence-electron chi connectivity index (χ2n) is 12.4. The third-order valence-electron chi connectivity index (χ3n) is 9.54. The molecule has 2 saturated heterocycles. The SMILES string of the molecule is CCn1nnc([C@H]2O[C@@H](n3cnc4c(NCC5c6ccccc6-c6ccccc65)nc(N5CC[C@H](N(C)C)C5)nc43)[C@H](O)[C@@H]2O)n1. The Morgan fingerprint density at radius 3 is 2.41 bits per heavy atom. The van der Waals surface area contributed by atoms with Gasteiger partial charge in [-0.1, -0.05) is 48.5 Å². The minimum Gasteiger partial charge on any atom is -0.387 e. The summed E-state index contributed by atoms with van der Waals surface area (Å²) in [6, 6.07) is 17.5. The molecule has 3 aromatic heterocycles. The van der Waals surface area contributed by atoms with Gasteiger partial charge in [0.2, 0.25) is 11.8 Å². The first-order valence-electron chi connectivity index (χ1n) is 15.8. The fraction of sp³-hybridized carbons (Fsp3) is 0.438. The van der Waals surface area contributed by atoms with Crippen LogP contribution in [-0.4, -0.2) is 107 Å². The molecule has 238 valence electrons. The van der Waals surface area contributed by atoms with Gasteiger partial charge in [-0.15, -0.1) is 10.2 Å². The molecule has 0 bridgehead atoms. The van der Waals surface area contributed by atoms with Crippen LogP contribution >= 0.6 is 0 Å². The summed E-state index contributed by atoms with van der Waals surface area (Å²) in [5.74, 6) is 1.52. The summed E-state index contributed by atoms with van der Waals surface area (Å²) in [4.78, 5) is 20.5. The van der Waals surface area contributed by atoms with E-state index in [1.807, 2.05) is 6.92 Å². The predicted octanol–water partition coefficient (Wildman–Crippen LogP) is 2.19. The first-order chi connectivity index (χ1) is 22.4. The molecule has 14 nitrogen and oxygen atoms in total. The number of nitrogens with zero attached hydrogens (tertiary/aromatic N) is 10. The normalized spacial score (nSPS) is 24.3. The highest BCUT2D eigenvalue weighted by Crippen LogP contribution is 2.45. The van der Waals surface area contributed by atoms with Crippen LogP contribution in [-0.2, 0) is 11.3 Å². The highest BCUT2D eigenvalue weighted by atomic mass is 16.6. The molecular formula is C32H37N11O3. The van der Waals surface area contributed by atoms with E-state index in [2.05, 4.69) is 93.2 Å². The molecule has 0 radical (unpaired) electrons. The number of anilines is 2. The number of likely N-dealkylation sites (N-methyl/N-ethyl adjacent to an activating group) is 1. The van der Waals surface area contributed by atoms with E-state index in [4.69, 9.17) is 19.7 Å². The first kappa shape index (κ1) is 28.9. The lowest BCUT2D eigenvalue weighted by molar-refractivity contribution is -0.0384. The quantitative estimate of drug-likeness (QED) is 0.232. The maximum atomic E-state index is 11.2.